The molecular formula is C15H27N3O. The minimum atomic E-state index is 0.185. The topological polar surface area (TPSA) is 46.2 Å². The van der Waals surface area contributed by atoms with Crippen LogP contribution >= 0.6 is 0 Å². The average Bonchev–Trinajstić information content (AvgIpc) is 2.42. The molecule has 1 aromatic heterocycles. The molecule has 19 heavy (non-hydrogen) atoms. The standard InChI is InChI=1S/C15H27N3O/c1-6-14-7-13(10-16-11(2)3)8-15(18-14)17-9-12(4)19-5/h7-8,11-12,16H,6,9-10H2,1-5H3,(H,17,18). The maximum Gasteiger partial charge on any atom is 0.126 e. The summed E-state index contributed by atoms with van der Waals surface area (Å²) in [6.45, 7) is 10.1. The van der Waals surface area contributed by atoms with E-state index < -0.39 is 0 Å². The van der Waals surface area contributed by atoms with Gasteiger partial charge in [-0.15, -0.1) is 0 Å². The van der Waals surface area contributed by atoms with Crippen molar-refractivity contribution in [2.75, 3.05) is 19.0 Å². The zero-order chi connectivity index (χ0) is 14.3. The summed E-state index contributed by atoms with van der Waals surface area (Å²) in [6.07, 6.45) is 1.13. The minimum Gasteiger partial charge on any atom is -0.380 e. The molecule has 2 N–H and O–H groups in total. The van der Waals surface area contributed by atoms with Crippen LogP contribution in [0, 0.1) is 0 Å². The molecule has 0 aliphatic rings. The van der Waals surface area contributed by atoms with Gasteiger partial charge in [0.25, 0.3) is 0 Å². The lowest BCUT2D eigenvalue weighted by Gasteiger charge is -2.14. The van der Waals surface area contributed by atoms with E-state index in [1.165, 1.54) is 5.56 Å². The Balaban J connectivity index is 2.71. The van der Waals surface area contributed by atoms with Crippen molar-refractivity contribution < 1.29 is 4.74 Å². The number of methoxy groups -OCH3 is 1. The minimum absolute atomic E-state index is 0.185. The first-order chi connectivity index (χ1) is 9.05. The summed E-state index contributed by atoms with van der Waals surface area (Å²) >= 11 is 0. The molecule has 0 bridgehead atoms. The van der Waals surface area contributed by atoms with Gasteiger partial charge in [-0.2, -0.15) is 0 Å². The maximum atomic E-state index is 5.24. The molecule has 108 valence electrons. The highest BCUT2D eigenvalue weighted by Gasteiger charge is 2.04. The number of ether oxygens (including phenoxy) is 1. The van der Waals surface area contributed by atoms with Crippen molar-refractivity contribution in [2.45, 2.75) is 52.8 Å². The van der Waals surface area contributed by atoms with Crippen molar-refractivity contribution >= 4 is 5.82 Å². The molecule has 1 heterocycles. The molecule has 0 aliphatic carbocycles. The normalized spacial score (nSPS) is 12.7. The third kappa shape index (κ3) is 6.03. The van der Waals surface area contributed by atoms with E-state index in [2.05, 4.69) is 48.5 Å². The fourth-order valence-corrected chi connectivity index (χ4v) is 1.68. The fourth-order valence-electron chi connectivity index (χ4n) is 1.68. The highest BCUT2D eigenvalue weighted by Crippen LogP contribution is 2.12. The number of pyridine rings is 1. The molecule has 0 amide bonds. The first kappa shape index (κ1) is 15.9. The lowest BCUT2D eigenvalue weighted by atomic mass is 10.2. The number of rotatable bonds is 8. The van der Waals surface area contributed by atoms with Crippen LogP contribution in [0.2, 0.25) is 0 Å². The van der Waals surface area contributed by atoms with Gasteiger partial charge in [-0.3, -0.25) is 0 Å². The second-order valence-electron chi connectivity index (χ2n) is 5.17. The molecule has 0 radical (unpaired) electrons. The molecule has 1 aromatic rings. The third-order valence-electron chi connectivity index (χ3n) is 2.99. The number of nitrogens with zero attached hydrogens (tertiary/aromatic N) is 1. The van der Waals surface area contributed by atoms with Gasteiger partial charge in [-0.05, 0) is 31.0 Å². The lowest BCUT2D eigenvalue weighted by Crippen LogP contribution is -2.22. The van der Waals surface area contributed by atoms with E-state index in [-0.39, 0.29) is 6.10 Å². The number of hydrogen-bond acceptors (Lipinski definition) is 4. The summed E-state index contributed by atoms with van der Waals surface area (Å²) in [6, 6.07) is 4.76. The second-order valence-corrected chi connectivity index (χ2v) is 5.17. The molecule has 4 heteroatoms. The smallest absolute Gasteiger partial charge is 0.126 e. The lowest BCUT2D eigenvalue weighted by molar-refractivity contribution is 0.128. The molecule has 1 atom stereocenters. The number of aryl methyl sites for hydroxylation is 1. The van der Waals surface area contributed by atoms with E-state index in [0.29, 0.717) is 6.04 Å². The van der Waals surface area contributed by atoms with Crippen LogP contribution in [0.15, 0.2) is 12.1 Å². The van der Waals surface area contributed by atoms with Gasteiger partial charge < -0.3 is 15.4 Å². The van der Waals surface area contributed by atoms with Gasteiger partial charge in [0.05, 0.1) is 6.10 Å². The summed E-state index contributed by atoms with van der Waals surface area (Å²) < 4.78 is 5.24. The molecule has 0 saturated carbocycles. The van der Waals surface area contributed by atoms with Gasteiger partial charge in [0, 0.05) is 31.9 Å². The van der Waals surface area contributed by atoms with Gasteiger partial charge in [0.2, 0.25) is 0 Å². The summed E-state index contributed by atoms with van der Waals surface area (Å²) in [7, 11) is 1.72. The average molecular weight is 265 g/mol. The molecule has 0 spiro atoms. The van der Waals surface area contributed by atoms with E-state index in [1.807, 2.05) is 6.92 Å². The molecule has 0 fully saturated rings. The van der Waals surface area contributed by atoms with E-state index in [4.69, 9.17) is 4.74 Å². The Morgan fingerprint density at radius 2 is 2.00 bits per heavy atom. The van der Waals surface area contributed by atoms with Crippen LogP contribution in [0.25, 0.3) is 0 Å². The largest absolute Gasteiger partial charge is 0.380 e. The number of nitrogens with one attached hydrogen (secondary N) is 2. The van der Waals surface area contributed by atoms with Crippen LogP contribution in [-0.2, 0) is 17.7 Å². The Morgan fingerprint density at radius 1 is 1.26 bits per heavy atom. The Labute approximate surface area is 117 Å². The number of hydrogen-bond donors (Lipinski definition) is 2. The Hall–Kier alpha value is -1.13. The van der Waals surface area contributed by atoms with E-state index >= 15 is 0 Å². The van der Waals surface area contributed by atoms with Gasteiger partial charge in [0.15, 0.2) is 0 Å². The van der Waals surface area contributed by atoms with E-state index in [9.17, 15) is 0 Å². The Kier molecular flexibility index (Phi) is 6.81. The van der Waals surface area contributed by atoms with E-state index in [1.54, 1.807) is 7.11 Å². The quantitative estimate of drug-likeness (QED) is 0.758. The number of aromatic nitrogens is 1. The zero-order valence-corrected chi connectivity index (χ0v) is 12.8. The van der Waals surface area contributed by atoms with Crippen LogP contribution in [0.5, 0.6) is 0 Å². The zero-order valence-electron chi connectivity index (χ0n) is 12.8. The first-order valence-electron chi connectivity index (χ1n) is 7.05. The molecule has 1 rings (SSSR count). The summed E-state index contributed by atoms with van der Waals surface area (Å²) in [5, 5.41) is 6.77. The molecule has 0 aromatic carbocycles. The van der Waals surface area contributed by atoms with Gasteiger partial charge in [-0.1, -0.05) is 20.8 Å². The third-order valence-corrected chi connectivity index (χ3v) is 2.99. The molecule has 1 unspecified atom stereocenters. The highest BCUT2D eigenvalue weighted by molar-refractivity contribution is 5.40. The molecule has 4 nitrogen and oxygen atoms in total. The predicted molar refractivity (Wildman–Crippen MR) is 80.6 cm³/mol. The van der Waals surface area contributed by atoms with Crippen LogP contribution in [0.3, 0.4) is 0 Å². The molecule has 0 aliphatic heterocycles. The van der Waals surface area contributed by atoms with Gasteiger partial charge >= 0.3 is 0 Å². The molecular weight excluding hydrogens is 238 g/mol. The van der Waals surface area contributed by atoms with Crippen LogP contribution in [-0.4, -0.2) is 30.8 Å². The number of anilines is 1. The van der Waals surface area contributed by atoms with Gasteiger partial charge in [0.1, 0.15) is 5.82 Å². The predicted octanol–water partition coefficient (Wildman–Crippen LogP) is 2.59. The van der Waals surface area contributed by atoms with Crippen molar-refractivity contribution in [1.82, 2.24) is 10.3 Å². The Morgan fingerprint density at radius 3 is 2.58 bits per heavy atom. The van der Waals surface area contributed by atoms with Crippen molar-refractivity contribution in [3.63, 3.8) is 0 Å². The maximum absolute atomic E-state index is 5.24. The van der Waals surface area contributed by atoms with Crippen LogP contribution in [0.4, 0.5) is 5.82 Å². The monoisotopic (exact) mass is 265 g/mol. The SMILES string of the molecule is CCc1cc(CNC(C)C)cc(NCC(C)OC)n1. The van der Waals surface area contributed by atoms with Crippen molar-refractivity contribution in [3.8, 4) is 0 Å². The van der Waals surface area contributed by atoms with E-state index in [0.717, 1.165) is 31.0 Å². The summed E-state index contributed by atoms with van der Waals surface area (Å²) in [5.41, 5.74) is 2.39. The molecule has 0 saturated heterocycles. The Bertz CT molecular complexity index is 380. The summed E-state index contributed by atoms with van der Waals surface area (Å²) in [4.78, 5) is 4.59. The first-order valence-corrected chi connectivity index (χ1v) is 7.05. The highest BCUT2D eigenvalue weighted by atomic mass is 16.5. The van der Waals surface area contributed by atoms with Crippen molar-refractivity contribution in [2.24, 2.45) is 0 Å². The summed E-state index contributed by atoms with van der Waals surface area (Å²) in [5.74, 6) is 0.934. The fraction of sp³-hybridized carbons (Fsp3) is 0.667. The second kappa shape index (κ2) is 8.12. The van der Waals surface area contributed by atoms with Crippen LogP contribution < -0.4 is 10.6 Å². The van der Waals surface area contributed by atoms with Crippen molar-refractivity contribution in [3.05, 3.63) is 23.4 Å². The van der Waals surface area contributed by atoms with Gasteiger partial charge in [-0.25, -0.2) is 4.98 Å². The van der Waals surface area contributed by atoms with Crippen LogP contribution in [0.1, 0.15) is 39.0 Å². The van der Waals surface area contributed by atoms with Crippen molar-refractivity contribution in [1.29, 1.82) is 0 Å².